The van der Waals surface area contributed by atoms with Crippen molar-refractivity contribution in [3.8, 4) is 73.5 Å². The van der Waals surface area contributed by atoms with Gasteiger partial charge in [0.2, 0.25) is 0 Å². The second kappa shape index (κ2) is 17.3. The van der Waals surface area contributed by atoms with Gasteiger partial charge in [-0.05, 0) is 47.5 Å². The summed E-state index contributed by atoms with van der Waals surface area (Å²) in [5.74, 6) is 1.70. The van der Waals surface area contributed by atoms with Crippen LogP contribution in [-0.2, 0) is 0 Å². The predicted molar refractivity (Wildman–Crippen MR) is 310 cm³/mol. The summed E-state index contributed by atoms with van der Waals surface area (Å²) in [5, 5.41) is 6.93. The Kier molecular flexibility index (Phi) is 9.78. The van der Waals surface area contributed by atoms with E-state index in [2.05, 4.69) is 268 Å². The second-order valence-corrected chi connectivity index (χ2v) is 19.1. The third-order valence-corrected chi connectivity index (χ3v) is 14.9. The summed E-state index contributed by atoms with van der Waals surface area (Å²) in [6, 6.07) is 95.5. The molecular formula is C69H44N6. The molecule has 75 heavy (non-hydrogen) atoms. The van der Waals surface area contributed by atoms with Crippen molar-refractivity contribution >= 4 is 65.4 Å². The van der Waals surface area contributed by atoms with Gasteiger partial charge in [-0.3, -0.25) is 0 Å². The first-order chi connectivity index (χ1) is 37.3. The standard InChI is InChI=1S/C69H44N6/c1-5-25-45(26-6-1)61-64(73-55-39-19-13-33-49(55)50-34-14-20-40-56(50)73)62(46-27-7-2-8-28-46)66(75-59-43-23-17-37-53(59)54-38-18-24-44-60(54)75)63(65(61)74-57-41-21-15-35-51(57)52-36-16-22-42-58(52)74)69-71-67(47-29-9-3-10-30-47)70-68(72-69)48-31-11-4-12-32-48/h1-44H. The number of benzene rings is 11. The molecule has 15 aromatic rings. The molecule has 15 rings (SSSR count). The van der Waals surface area contributed by atoms with Crippen molar-refractivity contribution in [3.05, 3.63) is 267 Å². The Hall–Kier alpha value is -10.2. The molecular weight excluding hydrogens is 913 g/mol. The molecule has 4 aromatic heterocycles. The topological polar surface area (TPSA) is 53.5 Å². The SMILES string of the molecule is c1ccc(-c2nc(-c3ccccc3)nc(-c3c(-n4c5ccccc5c5ccccc54)c(-c4ccccc4)c(-n4c5ccccc5c5ccccc54)c(-c4ccccc4)c3-n3c4ccccc4c4ccccc43)n2)cc1. The minimum atomic E-state index is 0.541. The Labute approximate surface area is 432 Å². The molecule has 4 heterocycles. The first-order valence-corrected chi connectivity index (χ1v) is 25.5. The second-order valence-electron chi connectivity index (χ2n) is 19.1. The average Bonchev–Trinajstić information content (AvgIpc) is 4.16. The van der Waals surface area contributed by atoms with Gasteiger partial charge in [0.15, 0.2) is 17.5 Å². The van der Waals surface area contributed by atoms with Gasteiger partial charge >= 0.3 is 0 Å². The Bertz CT molecular complexity index is 4290. The molecule has 0 unspecified atom stereocenters. The Morgan fingerprint density at radius 2 is 0.400 bits per heavy atom. The molecule has 0 amide bonds. The number of fused-ring (bicyclic) bond motifs is 9. The fourth-order valence-electron chi connectivity index (χ4n) is 11.8. The monoisotopic (exact) mass is 956 g/mol. The van der Waals surface area contributed by atoms with Crippen LogP contribution in [-0.4, -0.2) is 28.7 Å². The highest BCUT2D eigenvalue weighted by molar-refractivity contribution is 6.17. The van der Waals surface area contributed by atoms with Gasteiger partial charge in [-0.25, -0.2) is 15.0 Å². The zero-order chi connectivity index (χ0) is 49.4. The molecule has 0 N–H and O–H groups in total. The number of para-hydroxylation sites is 6. The molecule has 0 radical (unpaired) electrons. The van der Waals surface area contributed by atoms with Gasteiger partial charge < -0.3 is 13.7 Å². The molecule has 0 fully saturated rings. The minimum absolute atomic E-state index is 0.541. The van der Waals surface area contributed by atoms with Gasteiger partial charge in [0.25, 0.3) is 0 Å². The van der Waals surface area contributed by atoms with Crippen molar-refractivity contribution in [1.82, 2.24) is 28.7 Å². The molecule has 0 saturated heterocycles. The van der Waals surface area contributed by atoms with E-state index in [0.29, 0.717) is 17.5 Å². The van der Waals surface area contributed by atoms with Crippen LogP contribution in [0.5, 0.6) is 0 Å². The van der Waals surface area contributed by atoms with E-state index in [-0.39, 0.29) is 0 Å². The van der Waals surface area contributed by atoms with Gasteiger partial charge in [0.1, 0.15) is 0 Å². The molecule has 350 valence electrons. The Morgan fingerprint density at radius 3 is 0.680 bits per heavy atom. The molecule has 0 aliphatic rings. The van der Waals surface area contributed by atoms with Crippen molar-refractivity contribution in [2.75, 3.05) is 0 Å². The van der Waals surface area contributed by atoms with Crippen molar-refractivity contribution in [2.45, 2.75) is 0 Å². The lowest BCUT2D eigenvalue weighted by atomic mass is 9.87. The molecule has 0 spiro atoms. The van der Waals surface area contributed by atoms with E-state index in [1.54, 1.807) is 0 Å². The smallest absolute Gasteiger partial charge is 0.168 e. The van der Waals surface area contributed by atoms with Gasteiger partial charge in [-0.15, -0.1) is 0 Å². The Morgan fingerprint density at radius 1 is 0.187 bits per heavy atom. The zero-order valence-corrected chi connectivity index (χ0v) is 40.6. The highest BCUT2D eigenvalue weighted by atomic mass is 15.1. The van der Waals surface area contributed by atoms with Crippen LogP contribution < -0.4 is 0 Å². The lowest BCUT2D eigenvalue weighted by molar-refractivity contribution is 1.05. The van der Waals surface area contributed by atoms with Crippen LogP contribution in [0.15, 0.2) is 267 Å². The first-order valence-electron chi connectivity index (χ1n) is 25.5. The van der Waals surface area contributed by atoms with Gasteiger partial charge in [-0.2, -0.15) is 0 Å². The first kappa shape index (κ1) is 42.5. The lowest BCUT2D eigenvalue weighted by Crippen LogP contribution is -2.14. The highest BCUT2D eigenvalue weighted by Crippen LogP contribution is 2.54. The number of hydrogen-bond donors (Lipinski definition) is 0. The predicted octanol–water partition coefficient (Wildman–Crippen LogP) is 17.5. The molecule has 0 atom stereocenters. The van der Waals surface area contributed by atoms with Crippen LogP contribution >= 0.6 is 0 Å². The largest absolute Gasteiger partial charge is 0.308 e. The molecule has 0 saturated carbocycles. The molecule has 6 heteroatoms. The molecule has 0 aliphatic carbocycles. The summed E-state index contributed by atoms with van der Waals surface area (Å²) in [5.41, 5.74) is 16.1. The van der Waals surface area contributed by atoms with E-state index >= 15 is 0 Å². The normalized spacial score (nSPS) is 11.7. The third kappa shape index (κ3) is 6.63. The summed E-state index contributed by atoms with van der Waals surface area (Å²) < 4.78 is 7.53. The van der Waals surface area contributed by atoms with E-state index < -0.39 is 0 Å². The van der Waals surface area contributed by atoms with Crippen LogP contribution in [0.25, 0.3) is 139 Å². The van der Waals surface area contributed by atoms with Crippen LogP contribution in [0.1, 0.15) is 0 Å². The van der Waals surface area contributed by atoms with Crippen molar-refractivity contribution in [1.29, 1.82) is 0 Å². The van der Waals surface area contributed by atoms with E-state index in [0.717, 1.165) is 111 Å². The zero-order valence-electron chi connectivity index (χ0n) is 40.6. The summed E-state index contributed by atoms with van der Waals surface area (Å²) in [7, 11) is 0. The highest BCUT2D eigenvalue weighted by Gasteiger charge is 2.35. The van der Waals surface area contributed by atoms with Crippen LogP contribution in [0.2, 0.25) is 0 Å². The number of rotatable bonds is 8. The molecule has 0 aliphatic heterocycles. The average molecular weight is 957 g/mol. The number of nitrogens with zero attached hydrogens (tertiary/aromatic N) is 6. The van der Waals surface area contributed by atoms with Crippen molar-refractivity contribution in [3.63, 3.8) is 0 Å². The Balaban J connectivity index is 1.31. The maximum Gasteiger partial charge on any atom is 0.168 e. The molecule has 0 bridgehead atoms. The minimum Gasteiger partial charge on any atom is -0.308 e. The lowest BCUT2D eigenvalue weighted by Gasteiger charge is -2.30. The van der Waals surface area contributed by atoms with Gasteiger partial charge in [0.05, 0.1) is 55.7 Å². The van der Waals surface area contributed by atoms with Crippen LogP contribution in [0.4, 0.5) is 0 Å². The maximum atomic E-state index is 5.77. The van der Waals surface area contributed by atoms with Crippen molar-refractivity contribution < 1.29 is 0 Å². The van der Waals surface area contributed by atoms with Crippen LogP contribution in [0.3, 0.4) is 0 Å². The fraction of sp³-hybridized carbons (Fsp3) is 0. The van der Waals surface area contributed by atoms with E-state index in [9.17, 15) is 0 Å². The van der Waals surface area contributed by atoms with Crippen LogP contribution in [0, 0.1) is 0 Å². The van der Waals surface area contributed by atoms with Gasteiger partial charge in [0, 0.05) is 54.6 Å². The number of hydrogen-bond acceptors (Lipinski definition) is 3. The van der Waals surface area contributed by atoms with E-state index in [4.69, 9.17) is 15.0 Å². The summed E-state index contributed by atoms with van der Waals surface area (Å²) in [6.45, 7) is 0. The van der Waals surface area contributed by atoms with Crippen molar-refractivity contribution in [2.24, 2.45) is 0 Å². The fourth-order valence-corrected chi connectivity index (χ4v) is 11.8. The third-order valence-electron chi connectivity index (χ3n) is 14.9. The summed E-state index contributed by atoms with van der Waals surface area (Å²) in [4.78, 5) is 16.9. The van der Waals surface area contributed by atoms with E-state index in [1.165, 1.54) is 10.8 Å². The summed E-state index contributed by atoms with van der Waals surface area (Å²) in [6.07, 6.45) is 0. The van der Waals surface area contributed by atoms with Gasteiger partial charge in [-0.1, -0.05) is 231 Å². The molecule has 6 nitrogen and oxygen atoms in total. The maximum absolute atomic E-state index is 5.77. The summed E-state index contributed by atoms with van der Waals surface area (Å²) >= 11 is 0. The molecule has 11 aromatic carbocycles. The number of aromatic nitrogens is 6. The quantitative estimate of drug-likeness (QED) is 0.152. The van der Waals surface area contributed by atoms with E-state index in [1.807, 2.05) is 12.1 Å².